The number of carbonyl (C=O) groups excluding carboxylic acids is 2. The van der Waals surface area contributed by atoms with Crippen molar-refractivity contribution in [2.24, 2.45) is 11.8 Å². The Morgan fingerprint density at radius 1 is 0.590 bits per heavy atom. The first kappa shape index (κ1) is 42.4. The monoisotopic (exact) mass is 896 g/mol. The molecule has 4 aromatic carbocycles. The summed E-state index contributed by atoms with van der Waals surface area (Å²) < 4.78 is 61.6. The molecule has 0 saturated carbocycles. The van der Waals surface area contributed by atoms with Gasteiger partial charge in [0.05, 0.1) is 21.2 Å². The van der Waals surface area contributed by atoms with E-state index in [2.05, 4.69) is 34.4 Å². The fourth-order valence-corrected chi connectivity index (χ4v) is 12.0. The largest absolute Gasteiger partial charge is 0.457 e. The molecule has 2 amide bonds. The number of hydrogen-bond acceptors (Lipinski definition) is 11. The van der Waals surface area contributed by atoms with Crippen LogP contribution < -0.4 is 15.4 Å². The molecule has 0 spiro atoms. The van der Waals surface area contributed by atoms with Crippen molar-refractivity contribution < 1.29 is 31.2 Å². The molecule has 2 N–H and O–H groups in total. The van der Waals surface area contributed by atoms with Gasteiger partial charge in [0.15, 0.2) is 10.3 Å². The van der Waals surface area contributed by atoms with Crippen LogP contribution >= 0.6 is 22.7 Å². The zero-order valence-corrected chi connectivity index (χ0v) is 36.7. The van der Waals surface area contributed by atoms with E-state index in [1.54, 1.807) is 0 Å². The highest BCUT2D eigenvalue weighted by Crippen LogP contribution is 2.32. The minimum Gasteiger partial charge on any atom is -0.457 e. The average molecular weight is 897 g/mol. The summed E-state index contributed by atoms with van der Waals surface area (Å²) in [6.45, 7) is 6.12. The third-order valence-corrected chi connectivity index (χ3v) is 16.0. The van der Waals surface area contributed by atoms with Crippen molar-refractivity contribution in [3.8, 4) is 34.0 Å². The molecule has 2 aliphatic rings. The van der Waals surface area contributed by atoms with E-state index in [1.807, 2.05) is 59.3 Å². The Morgan fingerprint density at radius 3 is 1.33 bits per heavy atom. The molecule has 2 aromatic heterocycles. The zero-order valence-electron chi connectivity index (χ0n) is 33.5. The summed E-state index contributed by atoms with van der Waals surface area (Å²) in [7, 11) is -7.23. The van der Waals surface area contributed by atoms with Crippen molar-refractivity contribution in [2.75, 3.05) is 36.8 Å². The van der Waals surface area contributed by atoms with Gasteiger partial charge in [0.1, 0.15) is 11.5 Å². The minimum absolute atomic E-state index is 0.175. The molecule has 0 bridgehead atoms. The van der Waals surface area contributed by atoms with Crippen molar-refractivity contribution >= 4 is 64.8 Å². The van der Waals surface area contributed by atoms with Crippen LogP contribution in [0.2, 0.25) is 0 Å². The maximum absolute atomic E-state index is 13.1. The highest BCUT2D eigenvalue weighted by Gasteiger charge is 2.30. The van der Waals surface area contributed by atoms with Gasteiger partial charge >= 0.3 is 0 Å². The number of carbonyl (C=O) groups is 2. The summed E-state index contributed by atoms with van der Waals surface area (Å²) in [4.78, 5) is 35.5. The molecule has 0 radical (unpaired) electrons. The Labute approximate surface area is 363 Å². The number of piperidine rings is 2. The maximum atomic E-state index is 13.1. The maximum Gasteiger partial charge on any atom is 0.257 e. The lowest BCUT2D eigenvalue weighted by Crippen LogP contribution is -2.39. The molecule has 13 nitrogen and oxygen atoms in total. The van der Waals surface area contributed by atoms with Crippen LogP contribution in [0.5, 0.6) is 11.5 Å². The third kappa shape index (κ3) is 9.77. The number of sulfonamides is 2. The van der Waals surface area contributed by atoms with Gasteiger partial charge in [0.2, 0.25) is 20.0 Å². The quantitative estimate of drug-likeness (QED) is 0.122. The Hall–Kier alpha value is -5.30. The van der Waals surface area contributed by atoms with Gasteiger partial charge in [-0.3, -0.25) is 20.2 Å². The first-order valence-corrected chi connectivity index (χ1v) is 24.6. The van der Waals surface area contributed by atoms with E-state index >= 15 is 0 Å². The normalized spacial score (nSPS) is 17.7. The van der Waals surface area contributed by atoms with Gasteiger partial charge in [-0.25, -0.2) is 26.8 Å². The summed E-state index contributed by atoms with van der Waals surface area (Å²) in [6, 6.07) is 26.8. The highest BCUT2D eigenvalue weighted by atomic mass is 32.2. The first-order valence-electron chi connectivity index (χ1n) is 19.9. The number of anilines is 2. The van der Waals surface area contributed by atoms with Crippen LogP contribution in [-0.2, 0) is 20.0 Å². The average Bonchev–Trinajstić information content (AvgIpc) is 3.94. The molecule has 17 heteroatoms. The van der Waals surface area contributed by atoms with Crippen LogP contribution in [0.3, 0.4) is 0 Å². The van der Waals surface area contributed by atoms with Gasteiger partial charge in [-0.1, -0.05) is 13.8 Å². The zero-order chi connectivity index (χ0) is 42.7. The van der Waals surface area contributed by atoms with E-state index in [1.165, 1.54) is 79.8 Å². The number of aromatic nitrogens is 2. The molecule has 2 unspecified atom stereocenters. The topological polar surface area (TPSA) is 168 Å². The second-order valence-electron chi connectivity index (χ2n) is 15.4. The van der Waals surface area contributed by atoms with Crippen molar-refractivity contribution in [1.82, 2.24) is 18.6 Å². The summed E-state index contributed by atoms with van der Waals surface area (Å²) in [6.07, 6.45) is 3.71. The van der Waals surface area contributed by atoms with Gasteiger partial charge in [-0.2, -0.15) is 8.61 Å². The molecule has 2 aliphatic heterocycles. The van der Waals surface area contributed by atoms with E-state index < -0.39 is 20.0 Å². The number of nitrogens with zero attached hydrogens (tertiary/aromatic N) is 4. The molecule has 61 heavy (non-hydrogen) atoms. The van der Waals surface area contributed by atoms with Crippen molar-refractivity contribution in [3.63, 3.8) is 0 Å². The lowest BCUT2D eigenvalue weighted by Gasteiger charge is -2.30. The van der Waals surface area contributed by atoms with E-state index in [9.17, 15) is 26.4 Å². The molecular weight excluding hydrogens is 853 g/mol. The molecule has 4 heterocycles. The van der Waals surface area contributed by atoms with E-state index in [0.717, 1.165) is 36.8 Å². The summed E-state index contributed by atoms with van der Waals surface area (Å²) >= 11 is 2.57. The molecule has 2 atom stereocenters. The standard InChI is InChI=1S/C44H44N6O7S4/c1-29-5-3-23-49(25-29)60(53,54)37-19-11-33(12-20-37)41(51)47-43-45-39(27-58-43)31-7-15-35(16-8-31)57-36-17-9-32(10-18-36)40-28-59-44(46-40)48-42(52)34-13-21-38(22-14-34)61(55,56)50-24-4-6-30(2)26-50/h7-22,27-30H,3-6,23-26H2,1-2H3,(H,45,47,51)(H,46,48,52). The smallest absolute Gasteiger partial charge is 0.257 e. The van der Waals surface area contributed by atoms with Crippen LogP contribution in [0.25, 0.3) is 22.5 Å². The lowest BCUT2D eigenvalue weighted by molar-refractivity contribution is 0.101. The molecule has 8 rings (SSSR count). The molecule has 316 valence electrons. The van der Waals surface area contributed by atoms with Crippen LogP contribution in [0.1, 0.15) is 60.2 Å². The number of nitrogens with one attached hydrogen (secondary N) is 2. The van der Waals surface area contributed by atoms with Gasteiger partial charge in [0, 0.05) is 59.2 Å². The fourth-order valence-electron chi connectivity index (χ4n) is 7.37. The van der Waals surface area contributed by atoms with Crippen molar-refractivity contribution in [2.45, 2.75) is 49.3 Å². The summed E-state index contributed by atoms with van der Waals surface area (Å²) in [5.74, 6) is 1.09. The fraction of sp³-hybridized carbons (Fsp3) is 0.273. The summed E-state index contributed by atoms with van der Waals surface area (Å²) in [5, 5.41) is 10.1. The Kier molecular flexibility index (Phi) is 12.5. The van der Waals surface area contributed by atoms with Gasteiger partial charge < -0.3 is 4.74 Å². The molecule has 6 aromatic rings. The van der Waals surface area contributed by atoms with E-state index in [4.69, 9.17) is 4.74 Å². The lowest BCUT2D eigenvalue weighted by atomic mass is 10.0. The predicted octanol–water partition coefficient (Wildman–Crippen LogP) is 9.07. The number of hydrogen-bond donors (Lipinski definition) is 2. The van der Waals surface area contributed by atoms with E-state index in [-0.39, 0.29) is 21.6 Å². The van der Waals surface area contributed by atoms with E-state index in [0.29, 0.717) is 82.3 Å². The van der Waals surface area contributed by atoms with Gasteiger partial charge in [-0.05, 0) is 135 Å². The number of thiazole rings is 2. The number of rotatable bonds is 12. The molecular formula is C44H44N6O7S4. The van der Waals surface area contributed by atoms with Crippen molar-refractivity contribution in [1.29, 1.82) is 0 Å². The number of benzene rings is 4. The van der Waals surface area contributed by atoms with Crippen LogP contribution in [0, 0.1) is 11.8 Å². The Bertz CT molecular complexity index is 2550. The molecule has 2 saturated heterocycles. The summed E-state index contributed by atoms with van der Waals surface area (Å²) in [5.41, 5.74) is 3.68. The number of ether oxygens (including phenoxy) is 1. The Morgan fingerprint density at radius 2 is 0.967 bits per heavy atom. The minimum atomic E-state index is -3.61. The second-order valence-corrected chi connectivity index (χ2v) is 21.0. The molecule has 0 aliphatic carbocycles. The van der Waals surface area contributed by atoms with Crippen LogP contribution in [-0.4, -0.2) is 73.4 Å². The first-order chi connectivity index (χ1) is 29.3. The van der Waals surface area contributed by atoms with Crippen LogP contribution in [0.15, 0.2) is 118 Å². The number of amides is 2. The van der Waals surface area contributed by atoms with Gasteiger partial charge in [-0.15, -0.1) is 22.7 Å². The molecule has 2 fully saturated rings. The Balaban J connectivity index is 0.825. The van der Waals surface area contributed by atoms with Crippen LogP contribution in [0.4, 0.5) is 10.3 Å². The van der Waals surface area contributed by atoms with Gasteiger partial charge in [0.25, 0.3) is 11.8 Å². The van der Waals surface area contributed by atoms with Crippen molar-refractivity contribution in [3.05, 3.63) is 119 Å². The predicted molar refractivity (Wildman–Crippen MR) is 238 cm³/mol. The second kappa shape index (κ2) is 18.0. The third-order valence-electron chi connectivity index (χ3n) is 10.7. The highest BCUT2D eigenvalue weighted by molar-refractivity contribution is 7.89. The SMILES string of the molecule is CC1CCCN(S(=O)(=O)c2ccc(C(=O)Nc3nc(-c4ccc(Oc5ccc(-c6csc(NC(=O)c7ccc(S(=O)(=O)N8CCCC(C)C8)cc7)n6)cc5)cc4)cs3)cc2)C1.